The summed E-state index contributed by atoms with van der Waals surface area (Å²) in [6.45, 7) is 7.83. The maximum atomic E-state index is 16.0. The number of nitrogens with one attached hydrogen (secondary N) is 1. The number of aryl methyl sites for hydroxylation is 1. The Morgan fingerprint density at radius 3 is 2.85 bits per heavy atom. The van der Waals surface area contributed by atoms with Crippen LogP contribution < -0.4 is 10.1 Å². The normalized spacial score (nSPS) is 17.0. The van der Waals surface area contributed by atoms with Crippen LogP contribution in [0.3, 0.4) is 0 Å². The molecule has 2 N–H and O–H groups in total. The van der Waals surface area contributed by atoms with Crippen molar-refractivity contribution >= 4 is 45.7 Å². The average Bonchev–Trinajstić information content (AvgIpc) is 3.88. The Kier molecular flexibility index (Phi) is 10.7. The summed E-state index contributed by atoms with van der Waals surface area (Å²) in [5.74, 6) is -1.73. The number of urea groups is 1. The maximum Gasteiger partial charge on any atom is 0.318 e. The standard InChI is InChI=1S/C39H41F2N7O4S/c1-4-12-42-39(50)47-13-14-48-33(24(47)2)22-32(45-48)27-9-18-52-34-21-26(40)20-29(41)35(34)36-37(27)43-31(28-11-19-53-38(28)36)8-7-25-23-46(3)44-30(25)10-17-51-16-6-5-15-49/h4,7-8,10-11,17,19-24,27,49H,1,5-6,9,12-16,18H2,2-3H3,(H,42,50)/b8-7+,17-10+/t24-,27?/m0/s1. The van der Waals surface area contributed by atoms with Crippen molar-refractivity contribution in [3.05, 3.63) is 100 Å². The summed E-state index contributed by atoms with van der Waals surface area (Å²) in [5, 5.41) is 24.2. The van der Waals surface area contributed by atoms with Crippen LogP contribution in [0.15, 0.2) is 54.8 Å². The summed E-state index contributed by atoms with van der Waals surface area (Å²) < 4.78 is 46.7. The molecule has 1 unspecified atom stereocenters. The number of unbranched alkanes of at least 4 members (excludes halogenated alkanes) is 1. The largest absolute Gasteiger partial charge is 0.501 e. The predicted molar refractivity (Wildman–Crippen MR) is 201 cm³/mol. The highest BCUT2D eigenvalue weighted by atomic mass is 32.1. The third-order valence-corrected chi connectivity index (χ3v) is 10.5. The van der Waals surface area contributed by atoms with Crippen LogP contribution in [0.2, 0.25) is 0 Å². The number of hydrogen-bond donors (Lipinski definition) is 2. The van der Waals surface area contributed by atoms with Gasteiger partial charge in [0.2, 0.25) is 0 Å². The second kappa shape index (κ2) is 15.7. The first kappa shape index (κ1) is 36.0. The van der Waals surface area contributed by atoms with Crippen molar-refractivity contribution in [1.29, 1.82) is 0 Å². The minimum absolute atomic E-state index is 0.129. The molecule has 2 aliphatic heterocycles. The molecule has 276 valence electrons. The molecule has 0 radical (unpaired) electrons. The Hall–Kier alpha value is -5.34. The number of carbonyl (C=O) groups is 1. The molecule has 2 aliphatic rings. The van der Waals surface area contributed by atoms with Crippen LogP contribution in [0, 0.1) is 11.6 Å². The van der Waals surface area contributed by atoms with Crippen molar-refractivity contribution in [3.63, 3.8) is 0 Å². The number of aliphatic hydroxyl groups excluding tert-OH is 1. The number of pyridine rings is 1. The molecule has 0 fully saturated rings. The number of aromatic nitrogens is 5. The first-order chi connectivity index (χ1) is 25.8. The molecule has 11 nitrogen and oxygen atoms in total. The second-order valence-corrected chi connectivity index (χ2v) is 13.9. The number of fused-ring (bicyclic) bond motifs is 6. The van der Waals surface area contributed by atoms with E-state index in [9.17, 15) is 9.18 Å². The van der Waals surface area contributed by atoms with Gasteiger partial charge in [0.1, 0.15) is 17.4 Å². The van der Waals surface area contributed by atoms with Crippen molar-refractivity contribution in [2.24, 2.45) is 7.05 Å². The molecule has 2 amide bonds. The highest BCUT2D eigenvalue weighted by molar-refractivity contribution is 7.17. The zero-order valence-electron chi connectivity index (χ0n) is 29.6. The fourth-order valence-corrected chi connectivity index (χ4v) is 7.93. The van der Waals surface area contributed by atoms with Crippen LogP contribution >= 0.6 is 11.3 Å². The van der Waals surface area contributed by atoms with Gasteiger partial charge in [0, 0.05) is 78.3 Å². The van der Waals surface area contributed by atoms with E-state index in [4.69, 9.17) is 24.7 Å². The van der Waals surface area contributed by atoms with Gasteiger partial charge in [0.15, 0.2) is 0 Å². The molecule has 7 rings (SSSR count). The SMILES string of the molecule is C=CCNC(=O)N1CCn2nc(C3CCOc4cc(F)cc(F)c4-c4c3nc(/C=C/c3cn(C)nc3/C=C/OCCCCO)c3ccsc43)cc2[C@@H]1C. The van der Waals surface area contributed by atoms with Gasteiger partial charge in [-0.1, -0.05) is 6.08 Å². The molecular weight excluding hydrogens is 701 g/mol. The van der Waals surface area contributed by atoms with Crippen molar-refractivity contribution in [2.75, 3.05) is 32.9 Å². The first-order valence-electron chi connectivity index (χ1n) is 17.6. The van der Waals surface area contributed by atoms with E-state index >= 15 is 4.39 Å². The van der Waals surface area contributed by atoms with Gasteiger partial charge in [0.05, 0.1) is 66.1 Å². The van der Waals surface area contributed by atoms with Crippen LogP contribution in [-0.2, 0) is 18.3 Å². The van der Waals surface area contributed by atoms with E-state index in [1.54, 1.807) is 28.0 Å². The molecule has 1 aromatic carbocycles. The number of aliphatic hydroxyl groups is 1. The van der Waals surface area contributed by atoms with Crippen LogP contribution in [0.5, 0.6) is 5.75 Å². The summed E-state index contributed by atoms with van der Waals surface area (Å²) >= 11 is 1.46. The first-order valence-corrected chi connectivity index (χ1v) is 18.5. The molecule has 5 aromatic rings. The Morgan fingerprint density at radius 2 is 2.02 bits per heavy atom. The van der Waals surface area contributed by atoms with Gasteiger partial charge in [-0.05, 0) is 55.9 Å². The summed E-state index contributed by atoms with van der Waals surface area (Å²) in [5.41, 5.74) is 5.17. The summed E-state index contributed by atoms with van der Waals surface area (Å²) in [6.07, 6.45) is 12.7. The van der Waals surface area contributed by atoms with Crippen molar-refractivity contribution in [2.45, 2.75) is 44.7 Å². The molecule has 0 saturated heterocycles. The second-order valence-electron chi connectivity index (χ2n) is 13.0. The fourth-order valence-electron chi connectivity index (χ4n) is 6.97. The third-order valence-electron chi connectivity index (χ3n) is 9.52. The van der Waals surface area contributed by atoms with Gasteiger partial charge < -0.3 is 24.8 Å². The number of halogens is 2. The smallest absolute Gasteiger partial charge is 0.318 e. The molecule has 0 aliphatic carbocycles. The van der Waals surface area contributed by atoms with Gasteiger partial charge in [-0.3, -0.25) is 14.3 Å². The molecule has 4 aromatic heterocycles. The minimum atomic E-state index is -0.731. The zero-order valence-corrected chi connectivity index (χ0v) is 30.4. The lowest BCUT2D eigenvalue weighted by Crippen LogP contribution is -2.46. The van der Waals surface area contributed by atoms with Crippen molar-refractivity contribution < 1.29 is 28.2 Å². The van der Waals surface area contributed by atoms with Gasteiger partial charge in [-0.2, -0.15) is 10.2 Å². The zero-order chi connectivity index (χ0) is 37.1. The minimum Gasteiger partial charge on any atom is -0.501 e. The van der Waals surface area contributed by atoms with Crippen LogP contribution in [0.1, 0.15) is 72.2 Å². The van der Waals surface area contributed by atoms with E-state index in [0.29, 0.717) is 61.7 Å². The number of ether oxygens (including phenoxy) is 2. The Morgan fingerprint density at radius 1 is 1.15 bits per heavy atom. The lowest BCUT2D eigenvalue weighted by atomic mass is 9.88. The molecule has 0 saturated carbocycles. The molecular formula is C39H41F2N7O4S. The van der Waals surface area contributed by atoms with Gasteiger partial charge >= 0.3 is 6.03 Å². The number of carbonyl (C=O) groups excluding carboxylic acids is 1. The molecule has 0 spiro atoms. The van der Waals surface area contributed by atoms with Crippen molar-refractivity contribution in [3.8, 4) is 16.9 Å². The van der Waals surface area contributed by atoms with Crippen molar-refractivity contribution in [1.82, 2.24) is 34.8 Å². The van der Waals surface area contributed by atoms with E-state index in [1.165, 1.54) is 17.4 Å². The Labute approximate surface area is 309 Å². The van der Waals surface area contributed by atoms with E-state index in [2.05, 4.69) is 17.0 Å². The van der Waals surface area contributed by atoms with E-state index in [1.807, 2.05) is 54.5 Å². The van der Waals surface area contributed by atoms with Gasteiger partial charge in [-0.25, -0.2) is 13.6 Å². The Balaban J connectivity index is 1.32. The van der Waals surface area contributed by atoms with E-state index < -0.39 is 17.6 Å². The number of nitrogens with zero attached hydrogens (tertiary/aromatic N) is 6. The molecule has 14 heteroatoms. The summed E-state index contributed by atoms with van der Waals surface area (Å²) in [6, 6.07) is 5.65. The quantitative estimate of drug-likeness (QED) is 0.0830. The van der Waals surface area contributed by atoms with E-state index in [-0.39, 0.29) is 36.6 Å². The molecule has 53 heavy (non-hydrogen) atoms. The lowest BCUT2D eigenvalue weighted by Gasteiger charge is -2.33. The lowest BCUT2D eigenvalue weighted by molar-refractivity contribution is 0.160. The summed E-state index contributed by atoms with van der Waals surface area (Å²) in [4.78, 5) is 20.0. The number of benzene rings is 1. The number of hydrogen-bond acceptors (Lipinski definition) is 8. The number of amides is 2. The van der Waals surface area contributed by atoms with E-state index in [0.717, 1.165) is 39.5 Å². The average molecular weight is 742 g/mol. The molecule has 0 bridgehead atoms. The van der Waals surface area contributed by atoms with Gasteiger partial charge in [-0.15, -0.1) is 17.9 Å². The highest BCUT2D eigenvalue weighted by Gasteiger charge is 2.35. The monoisotopic (exact) mass is 741 g/mol. The number of rotatable bonds is 11. The fraction of sp³-hybridized carbons (Fsp3) is 0.333. The molecule has 2 atom stereocenters. The van der Waals surface area contributed by atoms with Crippen LogP contribution in [-0.4, -0.2) is 73.5 Å². The Bertz CT molecular complexity index is 2210. The summed E-state index contributed by atoms with van der Waals surface area (Å²) in [7, 11) is 1.84. The third kappa shape index (κ3) is 7.33. The van der Waals surface area contributed by atoms with Crippen LogP contribution in [0.4, 0.5) is 13.6 Å². The highest BCUT2D eigenvalue weighted by Crippen LogP contribution is 2.48. The predicted octanol–water partition coefficient (Wildman–Crippen LogP) is 7.29. The number of thiophene rings is 1. The maximum absolute atomic E-state index is 16.0. The topological polar surface area (TPSA) is 120 Å². The molecule has 6 heterocycles. The van der Waals surface area contributed by atoms with Crippen LogP contribution in [0.25, 0.3) is 39.4 Å². The van der Waals surface area contributed by atoms with Gasteiger partial charge in [0.25, 0.3) is 0 Å².